The molecule has 3 heterocycles. The van der Waals surface area contributed by atoms with E-state index in [0.717, 1.165) is 61.7 Å². The van der Waals surface area contributed by atoms with E-state index in [4.69, 9.17) is 4.74 Å². The number of fused-ring (bicyclic) bond motifs is 1. The first-order chi connectivity index (χ1) is 15.8. The molecule has 1 aliphatic heterocycles. The fourth-order valence-corrected chi connectivity index (χ4v) is 3.64. The van der Waals surface area contributed by atoms with Crippen LogP contribution in [0.25, 0.3) is 29.1 Å². The Kier molecular flexibility index (Phi) is 7.69. The van der Waals surface area contributed by atoms with Gasteiger partial charge in [0.2, 0.25) is 0 Å². The van der Waals surface area contributed by atoms with E-state index in [1.165, 1.54) is 11.0 Å². The summed E-state index contributed by atoms with van der Waals surface area (Å²) in [7, 11) is 0. The van der Waals surface area contributed by atoms with E-state index in [1.807, 2.05) is 42.6 Å². The summed E-state index contributed by atoms with van der Waals surface area (Å²) < 4.78 is 5.40. The molecule has 0 spiro atoms. The van der Waals surface area contributed by atoms with E-state index in [1.54, 1.807) is 0 Å². The standard InChI is InChI=1S/C27H30N4O/c1-2-22(13-15-31-16-18-32-19-17-31)6-4-3-5-7-25-21-26(30-29-25)11-9-23-8-10-24-12-14-28-27(24)20-23/h2-12,14,20-21,28H,1,13,15-19H2,(H,29,30)/b4-3+,7-5+,11-9+,22-6+. The van der Waals surface area contributed by atoms with E-state index in [2.05, 4.69) is 69.2 Å². The van der Waals surface area contributed by atoms with Crippen molar-refractivity contribution in [3.63, 3.8) is 0 Å². The molecule has 0 atom stereocenters. The van der Waals surface area contributed by atoms with Gasteiger partial charge in [-0.05, 0) is 53.3 Å². The Bertz CT molecular complexity index is 1140. The number of H-pyrrole nitrogens is 2. The number of ether oxygens (including phenoxy) is 1. The van der Waals surface area contributed by atoms with Crippen LogP contribution in [0.2, 0.25) is 0 Å². The van der Waals surface area contributed by atoms with Crippen molar-refractivity contribution in [2.24, 2.45) is 0 Å². The van der Waals surface area contributed by atoms with Crippen molar-refractivity contribution in [2.45, 2.75) is 6.42 Å². The largest absolute Gasteiger partial charge is 0.379 e. The summed E-state index contributed by atoms with van der Waals surface area (Å²) >= 11 is 0. The van der Waals surface area contributed by atoms with Gasteiger partial charge in [-0.15, -0.1) is 0 Å². The molecule has 0 amide bonds. The minimum atomic E-state index is 0.839. The van der Waals surface area contributed by atoms with Gasteiger partial charge in [-0.3, -0.25) is 10.00 Å². The second kappa shape index (κ2) is 11.3. The number of aromatic nitrogens is 3. The molecule has 4 rings (SSSR count). The Hall–Kier alpha value is -3.41. The molecule has 0 unspecified atom stereocenters. The summed E-state index contributed by atoms with van der Waals surface area (Å²) in [6, 6.07) is 10.5. The number of allylic oxidation sites excluding steroid dienone is 5. The molecule has 164 valence electrons. The predicted molar refractivity (Wildman–Crippen MR) is 134 cm³/mol. The van der Waals surface area contributed by atoms with Gasteiger partial charge in [-0.1, -0.05) is 55.2 Å². The van der Waals surface area contributed by atoms with Crippen molar-refractivity contribution in [3.8, 4) is 0 Å². The third kappa shape index (κ3) is 6.30. The Morgan fingerprint density at radius 2 is 1.97 bits per heavy atom. The molecule has 5 nitrogen and oxygen atoms in total. The average Bonchev–Trinajstić information content (AvgIpc) is 3.49. The van der Waals surface area contributed by atoms with Crippen LogP contribution >= 0.6 is 0 Å². The van der Waals surface area contributed by atoms with Crippen LogP contribution in [0.15, 0.2) is 79.1 Å². The van der Waals surface area contributed by atoms with Crippen LogP contribution in [0.5, 0.6) is 0 Å². The van der Waals surface area contributed by atoms with Gasteiger partial charge in [0.25, 0.3) is 0 Å². The van der Waals surface area contributed by atoms with Crippen LogP contribution in [-0.4, -0.2) is 52.9 Å². The monoisotopic (exact) mass is 426 g/mol. The maximum absolute atomic E-state index is 5.40. The first-order valence-electron chi connectivity index (χ1n) is 11.1. The molecule has 1 aliphatic rings. The SMILES string of the molecule is C=C\C(=C/C=C/C=C/c1cc(/C=C/c2ccc3cc[nH]c3c2)[nH]n1)CCN1CCOCC1. The molecule has 2 aromatic heterocycles. The zero-order valence-corrected chi connectivity index (χ0v) is 18.3. The first-order valence-corrected chi connectivity index (χ1v) is 11.1. The molecule has 3 aromatic rings. The highest BCUT2D eigenvalue weighted by molar-refractivity contribution is 5.83. The number of nitrogens with one attached hydrogen (secondary N) is 2. The Morgan fingerprint density at radius 3 is 2.84 bits per heavy atom. The Labute approximate surface area is 189 Å². The maximum atomic E-state index is 5.40. The molecule has 5 heteroatoms. The van der Waals surface area contributed by atoms with E-state index in [-0.39, 0.29) is 0 Å². The average molecular weight is 427 g/mol. The minimum absolute atomic E-state index is 0.839. The normalized spacial score (nSPS) is 16.2. The van der Waals surface area contributed by atoms with Crippen LogP contribution in [0.1, 0.15) is 23.4 Å². The summed E-state index contributed by atoms with van der Waals surface area (Å²) in [4.78, 5) is 5.68. The van der Waals surface area contributed by atoms with E-state index in [0.29, 0.717) is 0 Å². The van der Waals surface area contributed by atoms with Crippen LogP contribution in [0.3, 0.4) is 0 Å². The van der Waals surface area contributed by atoms with Gasteiger partial charge in [0.05, 0.1) is 24.6 Å². The third-order valence-electron chi connectivity index (χ3n) is 5.53. The summed E-state index contributed by atoms with van der Waals surface area (Å²) in [5.41, 5.74) is 5.40. The van der Waals surface area contributed by atoms with Gasteiger partial charge in [0.15, 0.2) is 0 Å². The highest BCUT2D eigenvalue weighted by Crippen LogP contribution is 2.16. The molecule has 0 bridgehead atoms. The van der Waals surface area contributed by atoms with Crippen molar-refractivity contribution < 1.29 is 4.74 Å². The minimum Gasteiger partial charge on any atom is -0.379 e. The molecule has 1 aromatic carbocycles. The van der Waals surface area contributed by atoms with Crippen LogP contribution in [0, 0.1) is 0 Å². The van der Waals surface area contributed by atoms with Gasteiger partial charge < -0.3 is 9.72 Å². The number of hydrogen-bond acceptors (Lipinski definition) is 3. The number of aromatic amines is 2. The van der Waals surface area contributed by atoms with Gasteiger partial charge in [-0.2, -0.15) is 5.10 Å². The number of rotatable bonds is 9. The van der Waals surface area contributed by atoms with Crippen molar-refractivity contribution >= 4 is 29.1 Å². The summed E-state index contributed by atoms with van der Waals surface area (Å²) in [5, 5.41) is 8.63. The highest BCUT2D eigenvalue weighted by Gasteiger charge is 2.09. The fraction of sp³-hybridized carbons (Fsp3) is 0.222. The quantitative estimate of drug-likeness (QED) is 0.446. The zero-order valence-electron chi connectivity index (χ0n) is 18.3. The van der Waals surface area contributed by atoms with Crippen LogP contribution in [-0.2, 0) is 4.74 Å². The van der Waals surface area contributed by atoms with E-state index in [9.17, 15) is 0 Å². The molecular formula is C27H30N4O. The molecule has 0 aliphatic carbocycles. The molecule has 2 N–H and O–H groups in total. The fourth-order valence-electron chi connectivity index (χ4n) is 3.64. The van der Waals surface area contributed by atoms with Crippen molar-refractivity contribution in [3.05, 3.63) is 96.0 Å². The lowest BCUT2D eigenvalue weighted by molar-refractivity contribution is 0.0385. The second-order valence-electron chi connectivity index (χ2n) is 7.80. The van der Waals surface area contributed by atoms with E-state index < -0.39 is 0 Å². The lowest BCUT2D eigenvalue weighted by Crippen LogP contribution is -2.36. The number of nitrogens with zero attached hydrogens (tertiary/aromatic N) is 2. The van der Waals surface area contributed by atoms with Gasteiger partial charge in [0, 0.05) is 31.3 Å². The molecule has 32 heavy (non-hydrogen) atoms. The molecular weight excluding hydrogens is 396 g/mol. The van der Waals surface area contributed by atoms with Crippen LogP contribution < -0.4 is 0 Å². The summed E-state index contributed by atoms with van der Waals surface area (Å²) in [6.45, 7) is 8.71. The second-order valence-corrected chi connectivity index (χ2v) is 7.80. The molecule has 1 saturated heterocycles. The van der Waals surface area contributed by atoms with Gasteiger partial charge >= 0.3 is 0 Å². The first kappa shape index (κ1) is 21.8. The van der Waals surface area contributed by atoms with Crippen LogP contribution in [0.4, 0.5) is 0 Å². The van der Waals surface area contributed by atoms with Gasteiger partial charge in [-0.25, -0.2) is 0 Å². The smallest absolute Gasteiger partial charge is 0.0854 e. The maximum Gasteiger partial charge on any atom is 0.0854 e. The van der Waals surface area contributed by atoms with Gasteiger partial charge in [0.1, 0.15) is 0 Å². The summed E-state index contributed by atoms with van der Waals surface area (Å²) in [5.74, 6) is 0. The summed E-state index contributed by atoms with van der Waals surface area (Å²) in [6.07, 6.45) is 19.2. The highest BCUT2D eigenvalue weighted by atomic mass is 16.5. The van der Waals surface area contributed by atoms with Crippen molar-refractivity contribution in [2.75, 3.05) is 32.8 Å². The predicted octanol–water partition coefficient (Wildman–Crippen LogP) is 5.47. The Balaban J connectivity index is 1.27. The molecule has 1 fully saturated rings. The molecule has 0 radical (unpaired) electrons. The lowest BCUT2D eigenvalue weighted by Gasteiger charge is -2.26. The molecule has 0 saturated carbocycles. The number of hydrogen-bond donors (Lipinski definition) is 2. The topological polar surface area (TPSA) is 56.9 Å². The van der Waals surface area contributed by atoms with Crippen molar-refractivity contribution in [1.82, 2.24) is 20.1 Å². The van der Waals surface area contributed by atoms with Crippen molar-refractivity contribution in [1.29, 1.82) is 0 Å². The van der Waals surface area contributed by atoms with E-state index >= 15 is 0 Å². The number of morpholine rings is 1. The zero-order chi connectivity index (χ0) is 22.0. The number of benzene rings is 1. The Morgan fingerprint density at radius 1 is 1.06 bits per heavy atom. The lowest BCUT2D eigenvalue weighted by atomic mass is 10.1. The third-order valence-corrected chi connectivity index (χ3v) is 5.53.